The molecular formula is C18H17ClF4N4O2. The number of hydrogen-bond donors (Lipinski definition) is 0. The third-order valence-electron chi connectivity index (χ3n) is 5.24. The van der Waals surface area contributed by atoms with Crippen molar-refractivity contribution < 1.29 is 22.4 Å². The fraction of sp³-hybridized carbons (Fsp3) is 0.500. The number of hydrogen-bond acceptors (Lipinski definition) is 3. The monoisotopic (exact) mass is 432 g/mol. The number of fused-ring (bicyclic) bond motifs is 1. The predicted octanol–water partition coefficient (Wildman–Crippen LogP) is 2.82. The molecule has 0 radical (unpaired) electrons. The molecule has 1 aromatic heterocycles. The normalized spacial score (nSPS) is 19.8. The molecule has 156 valence electrons. The van der Waals surface area contributed by atoms with E-state index in [-0.39, 0.29) is 25.5 Å². The van der Waals surface area contributed by atoms with Gasteiger partial charge in [-0.25, -0.2) is 13.9 Å². The van der Waals surface area contributed by atoms with Crippen molar-refractivity contribution in [2.24, 2.45) is 0 Å². The van der Waals surface area contributed by atoms with E-state index >= 15 is 0 Å². The summed E-state index contributed by atoms with van der Waals surface area (Å²) in [4.78, 5) is 26.8. The highest BCUT2D eigenvalue weighted by Crippen LogP contribution is 2.35. The van der Waals surface area contributed by atoms with Crippen molar-refractivity contribution in [3.8, 4) is 0 Å². The first-order chi connectivity index (χ1) is 13.6. The number of aromatic nitrogens is 3. The Morgan fingerprint density at radius 1 is 1.28 bits per heavy atom. The fourth-order valence-corrected chi connectivity index (χ4v) is 4.05. The van der Waals surface area contributed by atoms with E-state index in [2.05, 4.69) is 5.10 Å². The van der Waals surface area contributed by atoms with Gasteiger partial charge in [0.1, 0.15) is 18.0 Å². The number of alkyl halides is 4. The van der Waals surface area contributed by atoms with E-state index in [1.165, 1.54) is 15.5 Å². The van der Waals surface area contributed by atoms with Gasteiger partial charge in [-0.15, -0.1) is 0 Å². The van der Waals surface area contributed by atoms with E-state index in [0.29, 0.717) is 30.7 Å². The van der Waals surface area contributed by atoms with Crippen LogP contribution in [-0.4, -0.2) is 44.4 Å². The molecule has 2 aliphatic rings. The molecular weight excluding hydrogens is 416 g/mol. The second-order valence-electron chi connectivity index (χ2n) is 7.29. The number of amides is 1. The number of carbonyl (C=O) groups is 1. The third-order valence-corrected chi connectivity index (χ3v) is 5.55. The molecule has 1 saturated heterocycles. The fourth-order valence-electron chi connectivity index (χ4n) is 3.74. The summed E-state index contributed by atoms with van der Waals surface area (Å²) in [6.45, 7) is -0.0247. The number of rotatable bonds is 3. The van der Waals surface area contributed by atoms with Crippen molar-refractivity contribution in [2.75, 3.05) is 13.1 Å². The van der Waals surface area contributed by atoms with E-state index in [1.54, 1.807) is 0 Å². The third kappa shape index (κ3) is 3.65. The van der Waals surface area contributed by atoms with E-state index in [9.17, 15) is 27.2 Å². The first-order valence-corrected chi connectivity index (χ1v) is 9.49. The smallest absolute Gasteiger partial charge is 0.335 e. The first-order valence-electron chi connectivity index (χ1n) is 9.12. The predicted molar refractivity (Wildman–Crippen MR) is 95.5 cm³/mol. The molecule has 1 fully saturated rings. The minimum atomic E-state index is -4.57. The Hall–Kier alpha value is -2.36. The van der Waals surface area contributed by atoms with Gasteiger partial charge in [0.05, 0.1) is 30.2 Å². The molecule has 0 N–H and O–H groups in total. The molecule has 29 heavy (non-hydrogen) atoms. The Labute approximate surface area is 167 Å². The Balaban J connectivity index is 1.60. The molecule has 2 aliphatic heterocycles. The van der Waals surface area contributed by atoms with Gasteiger partial charge < -0.3 is 4.90 Å². The lowest BCUT2D eigenvalue weighted by molar-refractivity contribution is -0.142. The lowest BCUT2D eigenvalue weighted by Crippen LogP contribution is -2.54. The average molecular weight is 433 g/mol. The average Bonchev–Trinajstić information content (AvgIpc) is 2.93. The van der Waals surface area contributed by atoms with Crippen LogP contribution >= 0.6 is 11.6 Å². The summed E-state index contributed by atoms with van der Waals surface area (Å²) in [5, 5.41) is 3.79. The van der Waals surface area contributed by atoms with Gasteiger partial charge in [-0.1, -0.05) is 17.7 Å². The number of nitrogens with zero attached hydrogens (tertiary/aromatic N) is 4. The van der Waals surface area contributed by atoms with E-state index in [0.717, 1.165) is 16.8 Å². The van der Waals surface area contributed by atoms with Gasteiger partial charge in [0.25, 0.3) is 0 Å². The van der Waals surface area contributed by atoms with Crippen molar-refractivity contribution in [3.05, 3.63) is 50.7 Å². The molecule has 0 saturated carbocycles. The Bertz CT molecular complexity index is 1010. The van der Waals surface area contributed by atoms with Crippen LogP contribution in [-0.2, 0) is 23.9 Å². The zero-order valence-electron chi connectivity index (χ0n) is 15.1. The SMILES string of the molecule is O=C(C1CCCc2nn(Cc3ccc(C(F)(F)F)c(Cl)c3)c(=O)n21)N1CC(F)C1. The molecule has 1 unspecified atom stereocenters. The van der Waals surface area contributed by atoms with Crippen LogP contribution in [0.25, 0.3) is 0 Å². The summed E-state index contributed by atoms with van der Waals surface area (Å²) in [6.07, 6.45) is -3.98. The van der Waals surface area contributed by atoms with Crippen molar-refractivity contribution in [1.29, 1.82) is 0 Å². The molecule has 3 heterocycles. The molecule has 0 spiro atoms. The van der Waals surface area contributed by atoms with Crippen LogP contribution in [0.5, 0.6) is 0 Å². The minimum absolute atomic E-state index is 0.0254. The van der Waals surface area contributed by atoms with Gasteiger partial charge in [0.2, 0.25) is 5.91 Å². The molecule has 0 bridgehead atoms. The highest BCUT2D eigenvalue weighted by molar-refractivity contribution is 6.31. The number of likely N-dealkylation sites (tertiary alicyclic amines) is 1. The second kappa shape index (κ2) is 7.16. The zero-order chi connectivity index (χ0) is 20.9. The highest BCUT2D eigenvalue weighted by atomic mass is 35.5. The largest absolute Gasteiger partial charge is 0.417 e. The maximum atomic E-state index is 13.1. The second-order valence-corrected chi connectivity index (χ2v) is 7.69. The summed E-state index contributed by atoms with van der Waals surface area (Å²) in [7, 11) is 0. The molecule has 0 aliphatic carbocycles. The summed E-state index contributed by atoms with van der Waals surface area (Å²) in [5.74, 6) is 0.133. The molecule has 1 atom stereocenters. The number of carbonyl (C=O) groups excluding carboxylic acids is 1. The topological polar surface area (TPSA) is 60.1 Å². The number of benzene rings is 1. The zero-order valence-corrected chi connectivity index (χ0v) is 15.9. The molecule has 1 amide bonds. The molecule has 4 rings (SSSR count). The first kappa shape index (κ1) is 19.9. The molecule has 6 nitrogen and oxygen atoms in total. The van der Waals surface area contributed by atoms with Crippen LogP contribution in [0.3, 0.4) is 0 Å². The summed E-state index contributed by atoms with van der Waals surface area (Å²) >= 11 is 5.74. The van der Waals surface area contributed by atoms with Crippen LogP contribution in [0.15, 0.2) is 23.0 Å². The standard InChI is InChI=1S/C18H17ClF4N4O2/c19-13-6-10(4-5-12(13)18(21,22)23)7-26-17(29)27-14(2-1-3-15(27)24-26)16(28)25-8-11(20)9-25/h4-6,11,14H,1-3,7-9H2. The quantitative estimate of drug-likeness (QED) is 0.701. The summed E-state index contributed by atoms with van der Waals surface area (Å²) < 4.78 is 54.1. The molecule has 11 heteroatoms. The van der Waals surface area contributed by atoms with E-state index < -0.39 is 34.7 Å². The van der Waals surface area contributed by atoms with Crippen molar-refractivity contribution in [3.63, 3.8) is 0 Å². The van der Waals surface area contributed by atoms with Gasteiger partial charge in [-0.05, 0) is 30.5 Å². The van der Waals surface area contributed by atoms with Gasteiger partial charge in [0.15, 0.2) is 0 Å². The Kier molecular flexibility index (Phi) is 4.92. The van der Waals surface area contributed by atoms with E-state index in [1.807, 2.05) is 0 Å². The van der Waals surface area contributed by atoms with Crippen LogP contribution in [0.1, 0.15) is 35.8 Å². The Morgan fingerprint density at radius 2 is 2.00 bits per heavy atom. The number of aryl methyl sites for hydroxylation is 1. The molecule has 2 aromatic rings. The van der Waals surface area contributed by atoms with Crippen LogP contribution in [0, 0.1) is 0 Å². The van der Waals surface area contributed by atoms with Crippen LogP contribution in [0.4, 0.5) is 17.6 Å². The molecule has 1 aromatic carbocycles. The maximum absolute atomic E-state index is 13.1. The van der Waals surface area contributed by atoms with Crippen LogP contribution in [0.2, 0.25) is 5.02 Å². The van der Waals surface area contributed by atoms with Crippen molar-refractivity contribution >= 4 is 17.5 Å². The summed E-state index contributed by atoms with van der Waals surface area (Å²) in [5.41, 5.74) is -1.09. The Morgan fingerprint density at radius 3 is 2.62 bits per heavy atom. The van der Waals surface area contributed by atoms with Crippen molar-refractivity contribution in [1.82, 2.24) is 19.2 Å². The maximum Gasteiger partial charge on any atom is 0.417 e. The van der Waals surface area contributed by atoms with Gasteiger partial charge >= 0.3 is 11.9 Å². The lowest BCUT2D eigenvalue weighted by atomic mass is 10.0. The van der Waals surface area contributed by atoms with Gasteiger partial charge in [-0.3, -0.25) is 9.36 Å². The van der Waals surface area contributed by atoms with Gasteiger partial charge in [-0.2, -0.15) is 18.3 Å². The number of halogens is 5. The van der Waals surface area contributed by atoms with Gasteiger partial charge in [0, 0.05) is 6.42 Å². The minimum Gasteiger partial charge on any atom is -0.335 e. The van der Waals surface area contributed by atoms with E-state index in [4.69, 9.17) is 11.6 Å². The lowest BCUT2D eigenvalue weighted by Gasteiger charge is -2.37. The summed E-state index contributed by atoms with van der Waals surface area (Å²) in [6, 6.07) is 2.52. The van der Waals surface area contributed by atoms with Crippen LogP contribution < -0.4 is 5.69 Å². The highest BCUT2D eigenvalue weighted by Gasteiger charge is 2.38. The van der Waals surface area contributed by atoms with Crippen molar-refractivity contribution in [2.45, 2.75) is 44.2 Å².